The molecule has 182 valence electrons. The molecule has 9 nitrogen and oxygen atoms in total. The van der Waals surface area contributed by atoms with Gasteiger partial charge in [0.25, 0.3) is 11.6 Å². The van der Waals surface area contributed by atoms with Gasteiger partial charge in [-0.2, -0.15) is 0 Å². The second-order valence-corrected chi connectivity index (χ2v) is 8.83. The zero-order valence-electron chi connectivity index (χ0n) is 19.7. The van der Waals surface area contributed by atoms with E-state index in [4.69, 9.17) is 0 Å². The topological polar surface area (TPSA) is 125 Å². The van der Waals surface area contributed by atoms with Gasteiger partial charge in [0.15, 0.2) is 0 Å². The molecule has 2 aliphatic rings. The van der Waals surface area contributed by atoms with E-state index in [1.165, 1.54) is 30.2 Å². The smallest absolute Gasteiger partial charge is 0.270 e. The largest absolute Gasteiger partial charge is 0.354 e. The summed E-state index contributed by atoms with van der Waals surface area (Å²) in [7, 11) is 0. The molecule has 3 aromatic rings. The van der Waals surface area contributed by atoms with Crippen LogP contribution in [0.25, 0.3) is 11.3 Å². The number of nitro benzene ring substituents is 1. The Labute approximate surface area is 207 Å². The van der Waals surface area contributed by atoms with Crippen LogP contribution in [0.2, 0.25) is 0 Å². The highest BCUT2D eigenvalue weighted by molar-refractivity contribution is 6.37. The third kappa shape index (κ3) is 4.69. The van der Waals surface area contributed by atoms with E-state index < -0.39 is 4.92 Å². The van der Waals surface area contributed by atoms with Crippen molar-refractivity contribution in [2.75, 3.05) is 17.2 Å². The van der Waals surface area contributed by atoms with Crippen LogP contribution in [0.3, 0.4) is 0 Å². The van der Waals surface area contributed by atoms with Gasteiger partial charge in [0.2, 0.25) is 5.91 Å². The normalized spacial score (nSPS) is 15.4. The fraction of sp³-hybridized carbons (Fsp3) is 0.185. The van der Waals surface area contributed by atoms with Gasteiger partial charge in [-0.25, -0.2) is 0 Å². The predicted octanol–water partition coefficient (Wildman–Crippen LogP) is 3.81. The number of carbonyl (C=O) groups is 2. The van der Waals surface area contributed by atoms with Crippen LogP contribution in [0.15, 0.2) is 60.7 Å². The van der Waals surface area contributed by atoms with Crippen molar-refractivity contribution < 1.29 is 14.5 Å². The van der Waals surface area contributed by atoms with E-state index in [9.17, 15) is 19.7 Å². The minimum absolute atomic E-state index is 0.0889. The lowest BCUT2D eigenvalue weighted by molar-refractivity contribution is -0.384. The van der Waals surface area contributed by atoms with Crippen LogP contribution in [0.4, 0.5) is 17.1 Å². The van der Waals surface area contributed by atoms with Crippen molar-refractivity contribution in [2.45, 2.75) is 26.4 Å². The lowest BCUT2D eigenvalue weighted by Gasteiger charge is -2.20. The average molecular weight is 484 g/mol. The molecule has 5 rings (SSSR count). The molecule has 0 aromatic heterocycles. The van der Waals surface area contributed by atoms with E-state index in [-0.39, 0.29) is 17.5 Å². The molecule has 2 aliphatic heterocycles. The zero-order chi connectivity index (χ0) is 25.2. The van der Waals surface area contributed by atoms with Gasteiger partial charge in [0.05, 0.1) is 16.2 Å². The first kappa shape index (κ1) is 23.3. The van der Waals surface area contributed by atoms with Crippen LogP contribution < -0.4 is 21.3 Å². The maximum atomic E-state index is 13.2. The fourth-order valence-corrected chi connectivity index (χ4v) is 4.51. The SMILES string of the molecule is CC(=O)NCc1ccc(/C(Nc2ccc3c(c2)CCNC3)=C2/C(=O)Nc3ccc([N+](=O)[O-])cc32)cc1. The summed E-state index contributed by atoms with van der Waals surface area (Å²) in [5, 5.41) is 23.8. The van der Waals surface area contributed by atoms with Gasteiger partial charge in [0.1, 0.15) is 0 Å². The maximum Gasteiger partial charge on any atom is 0.270 e. The van der Waals surface area contributed by atoms with Gasteiger partial charge in [-0.1, -0.05) is 30.3 Å². The van der Waals surface area contributed by atoms with Crippen molar-refractivity contribution >= 4 is 40.1 Å². The highest BCUT2D eigenvalue weighted by Crippen LogP contribution is 2.39. The molecule has 0 spiro atoms. The maximum absolute atomic E-state index is 13.2. The van der Waals surface area contributed by atoms with Crippen LogP contribution in [0.1, 0.15) is 34.7 Å². The minimum Gasteiger partial charge on any atom is -0.354 e. The van der Waals surface area contributed by atoms with Crippen molar-refractivity contribution in [3.05, 3.63) is 98.6 Å². The summed E-state index contributed by atoms with van der Waals surface area (Å²) in [6, 6.07) is 18.0. The molecule has 0 saturated carbocycles. The molecule has 0 radical (unpaired) electrons. The molecule has 0 aliphatic carbocycles. The molecular formula is C27H25N5O4. The Kier molecular flexibility index (Phi) is 6.22. The number of fused-ring (bicyclic) bond motifs is 2. The van der Waals surface area contributed by atoms with Crippen LogP contribution in [0, 0.1) is 10.1 Å². The van der Waals surface area contributed by atoms with E-state index in [2.05, 4.69) is 33.4 Å². The molecule has 0 fully saturated rings. The quantitative estimate of drug-likeness (QED) is 0.240. The Morgan fingerprint density at radius 3 is 2.61 bits per heavy atom. The number of hydrogen-bond donors (Lipinski definition) is 4. The van der Waals surface area contributed by atoms with Crippen molar-refractivity contribution in [1.29, 1.82) is 0 Å². The summed E-state index contributed by atoms with van der Waals surface area (Å²) in [4.78, 5) is 35.4. The molecule has 0 saturated heterocycles. The fourth-order valence-electron chi connectivity index (χ4n) is 4.51. The number of nitro groups is 1. The van der Waals surface area contributed by atoms with Gasteiger partial charge >= 0.3 is 0 Å². The number of nitrogens with one attached hydrogen (secondary N) is 4. The van der Waals surface area contributed by atoms with Crippen molar-refractivity contribution in [3.63, 3.8) is 0 Å². The number of hydrogen-bond acceptors (Lipinski definition) is 6. The van der Waals surface area contributed by atoms with Crippen LogP contribution in [-0.4, -0.2) is 23.3 Å². The van der Waals surface area contributed by atoms with Crippen molar-refractivity contribution in [3.8, 4) is 0 Å². The first-order valence-corrected chi connectivity index (χ1v) is 11.7. The number of carbonyl (C=O) groups excluding carboxylic acids is 2. The Morgan fingerprint density at radius 2 is 1.86 bits per heavy atom. The van der Waals surface area contributed by atoms with Crippen molar-refractivity contribution in [2.24, 2.45) is 0 Å². The summed E-state index contributed by atoms with van der Waals surface area (Å²) in [6.45, 7) is 3.58. The minimum atomic E-state index is -0.470. The van der Waals surface area contributed by atoms with Gasteiger partial charge in [-0.05, 0) is 53.4 Å². The molecular weight excluding hydrogens is 458 g/mol. The number of nitrogens with zero attached hydrogens (tertiary/aromatic N) is 1. The van der Waals surface area contributed by atoms with E-state index >= 15 is 0 Å². The van der Waals surface area contributed by atoms with Gasteiger partial charge in [0, 0.05) is 49.1 Å². The monoisotopic (exact) mass is 483 g/mol. The molecule has 3 aromatic carbocycles. The summed E-state index contributed by atoms with van der Waals surface area (Å²) in [5.41, 5.74) is 6.75. The molecule has 2 amide bonds. The number of amides is 2. The second kappa shape index (κ2) is 9.63. The van der Waals surface area contributed by atoms with E-state index in [1.807, 2.05) is 30.3 Å². The van der Waals surface area contributed by atoms with E-state index in [0.29, 0.717) is 29.1 Å². The Hall–Kier alpha value is -4.50. The average Bonchev–Trinajstić information content (AvgIpc) is 3.21. The predicted molar refractivity (Wildman–Crippen MR) is 138 cm³/mol. The first-order valence-electron chi connectivity index (χ1n) is 11.7. The number of benzene rings is 3. The summed E-state index contributed by atoms with van der Waals surface area (Å²) in [5.74, 6) is -0.454. The molecule has 0 atom stereocenters. The first-order chi connectivity index (χ1) is 17.4. The molecule has 0 bridgehead atoms. The van der Waals surface area contributed by atoms with E-state index in [1.54, 1.807) is 6.07 Å². The van der Waals surface area contributed by atoms with Gasteiger partial charge in [-0.3, -0.25) is 19.7 Å². The number of non-ortho nitro benzene ring substituents is 1. The molecule has 9 heteroatoms. The lowest BCUT2D eigenvalue weighted by Crippen LogP contribution is -2.23. The third-order valence-corrected chi connectivity index (χ3v) is 6.35. The molecule has 4 N–H and O–H groups in total. The molecule has 36 heavy (non-hydrogen) atoms. The lowest BCUT2D eigenvalue weighted by atomic mass is 9.97. The molecule has 0 unspecified atom stereocenters. The Balaban J connectivity index is 1.61. The molecule has 2 heterocycles. The third-order valence-electron chi connectivity index (χ3n) is 6.35. The van der Waals surface area contributed by atoms with Crippen LogP contribution in [-0.2, 0) is 29.1 Å². The Morgan fingerprint density at radius 1 is 1.06 bits per heavy atom. The zero-order valence-corrected chi connectivity index (χ0v) is 19.7. The highest BCUT2D eigenvalue weighted by atomic mass is 16.6. The van der Waals surface area contributed by atoms with Crippen LogP contribution >= 0.6 is 0 Å². The number of anilines is 2. The van der Waals surface area contributed by atoms with Crippen LogP contribution in [0.5, 0.6) is 0 Å². The highest BCUT2D eigenvalue weighted by Gasteiger charge is 2.30. The standard InChI is InChI=1S/C27H25N5O4/c1-16(33)29-14-17-2-4-18(5-3-17)26(30-21-7-6-20-15-28-11-10-19(20)12-21)25-23-13-22(32(35)36)8-9-24(23)31-27(25)34/h2-9,12-13,28,30H,10-11,14-15H2,1H3,(H,29,33)(H,31,34)/b26-25-. The summed E-state index contributed by atoms with van der Waals surface area (Å²) < 4.78 is 0. The second-order valence-electron chi connectivity index (χ2n) is 8.83. The van der Waals surface area contributed by atoms with Gasteiger partial charge in [-0.15, -0.1) is 0 Å². The summed E-state index contributed by atoms with van der Waals surface area (Å²) >= 11 is 0. The van der Waals surface area contributed by atoms with Gasteiger partial charge < -0.3 is 21.3 Å². The number of rotatable bonds is 6. The Bertz CT molecular complexity index is 1410. The van der Waals surface area contributed by atoms with E-state index in [0.717, 1.165) is 36.3 Å². The van der Waals surface area contributed by atoms with Crippen molar-refractivity contribution in [1.82, 2.24) is 10.6 Å². The summed E-state index contributed by atoms with van der Waals surface area (Å²) in [6.07, 6.45) is 0.907.